The second-order valence-corrected chi connectivity index (χ2v) is 8.24. The van der Waals surface area contributed by atoms with Gasteiger partial charge in [0, 0.05) is 24.2 Å². The van der Waals surface area contributed by atoms with E-state index in [1.54, 1.807) is 0 Å². The summed E-state index contributed by atoms with van der Waals surface area (Å²) in [4.78, 5) is 24.2. The zero-order valence-corrected chi connectivity index (χ0v) is 14.6. The zero-order chi connectivity index (χ0) is 17.3. The third-order valence-corrected chi connectivity index (χ3v) is 6.11. The van der Waals surface area contributed by atoms with Crippen LogP contribution in [0.4, 0.5) is 10.5 Å². The Balaban J connectivity index is 1.21. The van der Waals surface area contributed by atoms with Crippen molar-refractivity contribution >= 4 is 17.6 Å². The smallest absolute Gasteiger partial charge is 0.315 e. The van der Waals surface area contributed by atoms with Crippen molar-refractivity contribution in [3.63, 3.8) is 0 Å². The average Bonchev–Trinajstić information content (AvgIpc) is 2.53. The Morgan fingerprint density at radius 3 is 2.16 bits per heavy atom. The van der Waals surface area contributed by atoms with Gasteiger partial charge < -0.3 is 16.0 Å². The number of nitrogens with one attached hydrogen (secondary N) is 3. The molecule has 4 fully saturated rings. The van der Waals surface area contributed by atoms with Crippen molar-refractivity contribution in [2.45, 2.75) is 50.5 Å². The van der Waals surface area contributed by atoms with Crippen molar-refractivity contribution < 1.29 is 9.59 Å². The zero-order valence-electron chi connectivity index (χ0n) is 14.6. The minimum atomic E-state index is -0.116. The lowest BCUT2D eigenvalue weighted by Crippen LogP contribution is -2.61. The van der Waals surface area contributed by atoms with Gasteiger partial charge in [0.2, 0.25) is 5.91 Å². The van der Waals surface area contributed by atoms with Gasteiger partial charge in [-0.1, -0.05) is 18.2 Å². The van der Waals surface area contributed by atoms with Gasteiger partial charge in [0.1, 0.15) is 0 Å². The number of urea groups is 1. The highest BCUT2D eigenvalue weighted by Gasteiger charge is 2.51. The van der Waals surface area contributed by atoms with Crippen LogP contribution in [-0.4, -0.2) is 24.0 Å². The van der Waals surface area contributed by atoms with E-state index >= 15 is 0 Å². The molecule has 4 aliphatic rings. The largest absolute Gasteiger partial charge is 0.338 e. The Labute approximate surface area is 148 Å². The summed E-state index contributed by atoms with van der Waals surface area (Å²) < 4.78 is 0. The van der Waals surface area contributed by atoms with Crippen molar-refractivity contribution in [3.05, 3.63) is 30.3 Å². The van der Waals surface area contributed by atoms with E-state index < -0.39 is 0 Å². The van der Waals surface area contributed by atoms with Crippen molar-refractivity contribution in [2.24, 2.45) is 17.8 Å². The van der Waals surface area contributed by atoms with Gasteiger partial charge in [0.15, 0.2) is 0 Å². The number of carbonyl (C=O) groups excluding carboxylic acids is 2. The molecule has 5 nitrogen and oxygen atoms in total. The number of para-hydroxylation sites is 1. The van der Waals surface area contributed by atoms with E-state index in [1.807, 2.05) is 30.3 Å². The molecule has 0 saturated heterocycles. The molecule has 0 heterocycles. The molecule has 0 radical (unpaired) electrons. The molecule has 134 valence electrons. The predicted molar refractivity (Wildman–Crippen MR) is 97.1 cm³/mol. The summed E-state index contributed by atoms with van der Waals surface area (Å²) in [5, 5.41) is 8.96. The van der Waals surface area contributed by atoms with Gasteiger partial charge in [0.25, 0.3) is 0 Å². The normalized spacial score (nSPS) is 32.2. The highest BCUT2D eigenvalue weighted by atomic mass is 16.2. The van der Waals surface area contributed by atoms with E-state index in [-0.39, 0.29) is 23.9 Å². The van der Waals surface area contributed by atoms with Crippen LogP contribution >= 0.6 is 0 Å². The Morgan fingerprint density at radius 2 is 1.56 bits per heavy atom. The summed E-state index contributed by atoms with van der Waals surface area (Å²) in [5.74, 6) is 2.34. The topological polar surface area (TPSA) is 70.2 Å². The van der Waals surface area contributed by atoms with Gasteiger partial charge in [-0.25, -0.2) is 4.79 Å². The maximum absolute atomic E-state index is 12.3. The molecular weight excluding hydrogens is 314 g/mol. The lowest BCUT2D eigenvalue weighted by atomic mass is 9.53. The van der Waals surface area contributed by atoms with Gasteiger partial charge in [-0.15, -0.1) is 0 Å². The Kier molecular flexibility index (Phi) is 4.40. The molecule has 0 unspecified atom stereocenters. The molecule has 1 aromatic rings. The molecule has 0 aliphatic heterocycles. The van der Waals surface area contributed by atoms with E-state index in [0.29, 0.717) is 6.54 Å². The van der Waals surface area contributed by atoms with Gasteiger partial charge in [-0.05, 0) is 68.4 Å². The molecule has 0 aromatic heterocycles. The Hall–Kier alpha value is -2.04. The summed E-state index contributed by atoms with van der Waals surface area (Å²) in [6.45, 7) is 0.358. The SMILES string of the molecule is O=C(CCNC(=O)NC12CC3CC(CC(C3)C1)C2)Nc1ccccc1. The minimum Gasteiger partial charge on any atom is -0.338 e. The summed E-state index contributed by atoms with van der Waals surface area (Å²) in [6, 6.07) is 9.26. The van der Waals surface area contributed by atoms with Crippen LogP contribution in [0.1, 0.15) is 44.9 Å². The molecule has 4 saturated carbocycles. The summed E-state index contributed by atoms with van der Waals surface area (Å²) in [7, 11) is 0. The van der Waals surface area contributed by atoms with E-state index in [2.05, 4.69) is 16.0 Å². The third-order valence-electron chi connectivity index (χ3n) is 6.11. The van der Waals surface area contributed by atoms with E-state index in [9.17, 15) is 9.59 Å². The number of rotatable bonds is 5. The van der Waals surface area contributed by atoms with Crippen LogP contribution < -0.4 is 16.0 Å². The molecule has 5 heteroatoms. The third kappa shape index (κ3) is 3.80. The monoisotopic (exact) mass is 341 g/mol. The van der Waals surface area contributed by atoms with Crippen molar-refractivity contribution in [2.75, 3.05) is 11.9 Å². The first-order chi connectivity index (χ1) is 12.1. The molecule has 25 heavy (non-hydrogen) atoms. The first-order valence-corrected chi connectivity index (χ1v) is 9.51. The molecule has 1 aromatic carbocycles. The molecule has 0 atom stereocenters. The number of benzene rings is 1. The summed E-state index contributed by atoms with van der Waals surface area (Å²) in [6.07, 6.45) is 7.79. The van der Waals surface area contributed by atoms with Crippen LogP contribution in [-0.2, 0) is 4.79 Å². The fraction of sp³-hybridized carbons (Fsp3) is 0.600. The number of carbonyl (C=O) groups is 2. The van der Waals surface area contributed by atoms with Crippen molar-refractivity contribution in [1.29, 1.82) is 0 Å². The number of anilines is 1. The van der Waals surface area contributed by atoms with Crippen LogP contribution in [0.2, 0.25) is 0 Å². The lowest BCUT2D eigenvalue weighted by molar-refractivity contribution is -0.116. The van der Waals surface area contributed by atoms with Gasteiger partial charge in [-0.2, -0.15) is 0 Å². The first-order valence-electron chi connectivity index (χ1n) is 9.51. The summed E-state index contributed by atoms with van der Waals surface area (Å²) >= 11 is 0. The van der Waals surface area contributed by atoms with Crippen molar-refractivity contribution in [3.8, 4) is 0 Å². The maximum atomic E-state index is 12.3. The maximum Gasteiger partial charge on any atom is 0.315 e. The predicted octanol–water partition coefficient (Wildman–Crippen LogP) is 3.28. The van der Waals surface area contributed by atoms with E-state index in [4.69, 9.17) is 0 Å². The van der Waals surface area contributed by atoms with Crippen LogP contribution in [0, 0.1) is 17.8 Å². The van der Waals surface area contributed by atoms with Crippen LogP contribution in [0.15, 0.2) is 30.3 Å². The molecule has 5 rings (SSSR count). The molecular formula is C20H27N3O2. The van der Waals surface area contributed by atoms with E-state index in [1.165, 1.54) is 19.3 Å². The van der Waals surface area contributed by atoms with Crippen LogP contribution in [0.3, 0.4) is 0 Å². The molecule has 3 amide bonds. The van der Waals surface area contributed by atoms with Crippen LogP contribution in [0.5, 0.6) is 0 Å². The number of hydrogen-bond acceptors (Lipinski definition) is 2. The Morgan fingerprint density at radius 1 is 0.960 bits per heavy atom. The average molecular weight is 341 g/mol. The quantitative estimate of drug-likeness (QED) is 0.769. The lowest BCUT2D eigenvalue weighted by Gasteiger charge is -2.56. The summed E-state index contributed by atoms with van der Waals surface area (Å²) in [5.41, 5.74) is 0.802. The minimum absolute atomic E-state index is 0.0190. The van der Waals surface area contributed by atoms with Gasteiger partial charge in [-0.3, -0.25) is 4.79 Å². The highest BCUT2D eigenvalue weighted by Crippen LogP contribution is 2.55. The fourth-order valence-corrected chi connectivity index (χ4v) is 5.58. The second-order valence-electron chi connectivity index (χ2n) is 8.24. The molecule has 4 aliphatic carbocycles. The van der Waals surface area contributed by atoms with E-state index in [0.717, 1.165) is 42.7 Å². The Bertz CT molecular complexity index is 608. The van der Waals surface area contributed by atoms with Crippen molar-refractivity contribution in [1.82, 2.24) is 10.6 Å². The standard InChI is InChI=1S/C20H27N3O2/c24-18(22-17-4-2-1-3-5-17)6-7-21-19(25)23-20-11-14-8-15(12-20)10-16(9-14)13-20/h1-5,14-16H,6-13H2,(H,22,24)(H2,21,23,25). The van der Waals surface area contributed by atoms with Gasteiger partial charge in [0.05, 0.1) is 0 Å². The van der Waals surface area contributed by atoms with Gasteiger partial charge >= 0.3 is 6.03 Å². The highest BCUT2D eigenvalue weighted by molar-refractivity contribution is 5.91. The van der Waals surface area contributed by atoms with Crippen LogP contribution in [0.25, 0.3) is 0 Å². The fourth-order valence-electron chi connectivity index (χ4n) is 5.58. The first kappa shape index (κ1) is 16.4. The number of hydrogen-bond donors (Lipinski definition) is 3. The molecule has 3 N–H and O–H groups in total. The second kappa shape index (κ2) is 6.70. The molecule has 4 bridgehead atoms. The number of amides is 3. The molecule has 0 spiro atoms.